The highest BCUT2D eigenvalue weighted by Gasteiger charge is 2.34. The molecule has 0 aromatic heterocycles. The molecule has 0 aliphatic carbocycles. The van der Waals surface area contributed by atoms with E-state index in [1.807, 2.05) is 67.2 Å². The number of rotatable bonds is 3. The van der Waals surface area contributed by atoms with Crippen molar-refractivity contribution in [3.63, 3.8) is 0 Å². The lowest BCUT2D eigenvalue weighted by atomic mass is 10.4. The zero-order chi connectivity index (χ0) is 11.4. The Bertz CT molecular complexity index is 403. The molecule has 0 radical (unpaired) electrons. The van der Waals surface area contributed by atoms with Gasteiger partial charge in [0.2, 0.25) is 0 Å². The van der Waals surface area contributed by atoms with Gasteiger partial charge in [0, 0.05) is 0 Å². The lowest BCUT2D eigenvalue weighted by Crippen LogP contribution is -2.57. The quantitative estimate of drug-likeness (QED) is 0.495. The third-order valence-electron chi connectivity index (χ3n) is 2.83. The third-order valence-corrected chi connectivity index (χ3v) is 6.07. The Labute approximate surface area is 96.2 Å². The van der Waals surface area contributed by atoms with Crippen molar-refractivity contribution in [1.82, 2.24) is 0 Å². The fourth-order valence-electron chi connectivity index (χ4n) is 1.78. The maximum atomic E-state index is 9.25. The van der Waals surface area contributed by atoms with Crippen molar-refractivity contribution >= 4 is 18.7 Å². The maximum Gasteiger partial charge on any atom is 0.297 e. The van der Waals surface area contributed by atoms with Gasteiger partial charge < -0.3 is 0 Å². The van der Waals surface area contributed by atoms with Crippen LogP contribution < -0.4 is 10.4 Å². The van der Waals surface area contributed by atoms with Gasteiger partial charge in [-0.15, -0.1) is 0 Å². The molecule has 0 amide bonds. The fraction of sp³-hybridized carbons (Fsp3) is 0.0769. The first-order chi connectivity index (χ1) is 7.77. The van der Waals surface area contributed by atoms with E-state index in [1.165, 1.54) is 0 Å². The van der Waals surface area contributed by atoms with Crippen molar-refractivity contribution in [2.45, 2.75) is 6.55 Å². The van der Waals surface area contributed by atoms with Gasteiger partial charge in [-0.3, -0.25) is 9.83 Å². The van der Waals surface area contributed by atoms with Crippen molar-refractivity contribution in [3.05, 3.63) is 60.7 Å². The van der Waals surface area contributed by atoms with Gasteiger partial charge in [0.05, 0.1) is 0 Å². The van der Waals surface area contributed by atoms with Gasteiger partial charge in [-0.2, -0.15) is 0 Å². The molecule has 0 saturated carbocycles. The zero-order valence-corrected chi connectivity index (χ0v) is 10.1. The standard InChI is InChI=1S/C13H14O2Si/c1-16(15-14,12-8-4-2-5-9-12)13-10-6-3-7-11-13/h2-11,14H,1H3. The summed E-state index contributed by atoms with van der Waals surface area (Å²) in [5.41, 5.74) is 0. The van der Waals surface area contributed by atoms with Crippen LogP contribution in [0.2, 0.25) is 6.55 Å². The van der Waals surface area contributed by atoms with E-state index in [-0.39, 0.29) is 0 Å². The lowest BCUT2D eigenvalue weighted by Gasteiger charge is -2.23. The van der Waals surface area contributed by atoms with E-state index >= 15 is 0 Å². The van der Waals surface area contributed by atoms with Gasteiger partial charge in [-0.25, -0.2) is 0 Å². The molecule has 0 aliphatic rings. The molecule has 2 nitrogen and oxygen atoms in total. The Morgan fingerprint density at radius 1 is 0.812 bits per heavy atom. The topological polar surface area (TPSA) is 29.5 Å². The number of benzene rings is 2. The summed E-state index contributed by atoms with van der Waals surface area (Å²) in [6.45, 7) is 1.98. The number of hydrogen-bond acceptors (Lipinski definition) is 2. The van der Waals surface area contributed by atoms with Crippen LogP contribution in [0.1, 0.15) is 0 Å². The fourth-order valence-corrected chi connectivity index (χ4v) is 3.99. The van der Waals surface area contributed by atoms with E-state index in [4.69, 9.17) is 4.58 Å². The SMILES string of the molecule is C[Si](OO)(c1ccccc1)c1ccccc1. The molecule has 0 fully saturated rings. The Morgan fingerprint density at radius 3 is 1.50 bits per heavy atom. The lowest BCUT2D eigenvalue weighted by molar-refractivity contribution is -0.146. The molecule has 2 aromatic carbocycles. The van der Waals surface area contributed by atoms with Gasteiger partial charge in [-0.05, 0) is 16.9 Å². The third kappa shape index (κ3) is 1.93. The normalized spacial score (nSPS) is 11.4. The highest BCUT2D eigenvalue weighted by atomic mass is 28.4. The Balaban J connectivity index is 2.49. The van der Waals surface area contributed by atoms with Gasteiger partial charge in [0.25, 0.3) is 8.32 Å². The summed E-state index contributed by atoms with van der Waals surface area (Å²) in [7, 11) is -2.42. The zero-order valence-electron chi connectivity index (χ0n) is 9.13. The monoisotopic (exact) mass is 230 g/mol. The molecule has 82 valence electrons. The molecule has 0 saturated heterocycles. The van der Waals surface area contributed by atoms with Crippen LogP contribution in [0.4, 0.5) is 0 Å². The van der Waals surface area contributed by atoms with Crippen LogP contribution in [0.3, 0.4) is 0 Å². The molecule has 0 heterocycles. The van der Waals surface area contributed by atoms with E-state index in [0.29, 0.717) is 0 Å². The smallest absolute Gasteiger partial charge is 0.278 e. The first kappa shape index (κ1) is 11.1. The largest absolute Gasteiger partial charge is 0.297 e. The predicted octanol–water partition coefficient (Wildman–Crippen LogP) is 1.87. The molecule has 0 aliphatic heterocycles. The Hall–Kier alpha value is -1.42. The molecule has 0 spiro atoms. The van der Waals surface area contributed by atoms with E-state index in [2.05, 4.69) is 0 Å². The van der Waals surface area contributed by atoms with E-state index < -0.39 is 8.32 Å². The van der Waals surface area contributed by atoms with Crippen LogP contribution in [0, 0.1) is 0 Å². The average molecular weight is 230 g/mol. The second kappa shape index (κ2) is 4.61. The van der Waals surface area contributed by atoms with E-state index in [9.17, 15) is 5.26 Å². The van der Waals surface area contributed by atoms with Gasteiger partial charge >= 0.3 is 0 Å². The highest BCUT2D eigenvalue weighted by Crippen LogP contribution is 2.05. The minimum atomic E-state index is -2.42. The van der Waals surface area contributed by atoms with Gasteiger partial charge in [-0.1, -0.05) is 60.7 Å². The molecule has 2 aromatic rings. The summed E-state index contributed by atoms with van der Waals surface area (Å²) >= 11 is 0. The highest BCUT2D eigenvalue weighted by molar-refractivity contribution is 6.96. The molecule has 3 heteroatoms. The molecule has 1 N–H and O–H groups in total. The van der Waals surface area contributed by atoms with Crippen LogP contribution in [-0.2, 0) is 4.58 Å². The molecule has 0 atom stereocenters. The van der Waals surface area contributed by atoms with E-state index in [0.717, 1.165) is 10.4 Å². The minimum absolute atomic E-state index is 1.06. The minimum Gasteiger partial charge on any atom is -0.278 e. The Kier molecular flexibility index (Phi) is 3.19. The first-order valence-electron chi connectivity index (χ1n) is 5.21. The summed E-state index contributed by atoms with van der Waals surface area (Å²) < 4.78 is 4.85. The summed E-state index contributed by atoms with van der Waals surface area (Å²) in [6, 6.07) is 19.7. The molecule has 0 bridgehead atoms. The Morgan fingerprint density at radius 2 is 1.19 bits per heavy atom. The van der Waals surface area contributed by atoms with Crippen molar-refractivity contribution in [2.24, 2.45) is 0 Å². The van der Waals surface area contributed by atoms with Crippen molar-refractivity contribution in [2.75, 3.05) is 0 Å². The number of hydrogen-bond donors (Lipinski definition) is 1. The van der Waals surface area contributed by atoms with Crippen LogP contribution >= 0.6 is 0 Å². The summed E-state index contributed by atoms with van der Waals surface area (Å²) in [5, 5.41) is 11.4. The van der Waals surface area contributed by atoms with Crippen LogP contribution in [0.25, 0.3) is 0 Å². The van der Waals surface area contributed by atoms with Crippen molar-refractivity contribution in [3.8, 4) is 0 Å². The second-order valence-corrected chi connectivity index (χ2v) is 7.26. The summed E-state index contributed by atoms with van der Waals surface area (Å²) in [6.07, 6.45) is 0. The average Bonchev–Trinajstić information content (AvgIpc) is 2.40. The molecule has 16 heavy (non-hydrogen) atoms. The van der Waals surface area contributed by atoms with Gasteiger partial charge in [0.1, 0.15) is 0 Å². The van der Waals surface area contributed by atoms with Crippen molar-refractivity contribution < 1.29 is 9.83 Å². The summed E-state index contributed by atoms with van der Waals surface area (Å²) in [4.78, 5) is 0. The van der Waals surface area contributed by atoms with Gasteiger partial charge in [0.15, 0.2) is 0 Å². The van der Waals surface area contributed by atoms with Crippen LogP contribution in [0.5, 0.6) is 0 Å². The first-order valence-corrected chi connectivity index (χ1v) is 7.62. The molecule has 0 unspecified atom stereocenters. The van der Waals surface area contributed by atoms with Crippen LogP contribution in [0.15, 0.2) is 60.7 Å². The predicted molar refractivity (Wildman–Crippen MR) is 67.5 cm³/mol. The summed E-state index contributed by atoms with van der Waals surface area (Å²) in [5.74, 6) is 0. The molecule has 2 rings (SSSR count). The van der Waals surface area contributed by atoms with E-state index in [1.54, 1.807) is 0 Å². The van der Waals surface area contributed by atoms with Crippen molar-refractivity contribution in [1.29, 1.82) is 0 Å². The molecular weight excluding hydrogens is 216 g/mol. The molecular formula is C13H14O2Si. The second-order valence-electron chi connectivity index (χ2n) is 3.86. The van der Waals surface area contributed by atoms with Crippen LogP contribution in [-0.4, -0.2) is 13.6 Å². The maximum absolute atomic E-state index is 9.25.